The second-order valence-corrected chi connectivity index (χ2v) is 7.34. The largest absolute Gasteiger partial charge is 1.00 e. The summed E-state index contributed by atoms with van der Waals surface area (Å²) in [6, 6.07) is 0. The van der Waals surface area contributed by atoms with E-state index < -0.39 is 51.2 Å². The van der Waals surface area contributed by atoms with Crippen LogP contribution in [-0.2, 0) is 38.6 Å². The Bertz CT molecular complexity index is 610. The molecule has 0 saturated heterocycles. The molecular formula is C12H16F4Na2O10S2. The smallest absolute Gasteiger partial charge is 0.743 e. The fraction of sp³-hybridized carbons (Fsp3) is 0.833. The molecule has 10 nitrogen and oxygen atoms in total. The number of alkyl halides is 4. The Morgan fingerprint density at radius 3 is 1.63 bits per heavy atom. The maximum Gasteiger partial charge on any atom is 1.00 e. The Hall–Kier alpha value is 0.800. The van der Waals surface area contributed by atoms with Crippen LogP contribution in [0, 0.1) is 0 Å². The molecule has 0 radical (unpaired) electrons. The maximum absolute atomic E-state index is 13.0. The molecule has 30 heavy (non-hydrogen) atoms. The monoisotopic (exact) mass is 506 g/mol. The summed E-state index contributed by atoms with van der Waals surface area (Å²) in [5.41, 5.74) is 0. The number of esters is 2. The van der Waals surface area contributed by atoms with Gasteiger partial charge in [-0.3, -0.25) is 5.04 Å². The molecule has 0 aromatic carbocycles. The van der Waals surface area contributed by atoms with Crippen molar-refractivity contribution in [3.63, 3.8) is 0 Å². The summed E-state index contributed by atoms with van der Waals surface area (Å²) in [6.07, 6.45) is 2.33. The van der Waals surface area contributed by atoms with Crippen LogP contribution < -0.4 is 64.4 Å². The molecule has 0 N–H and O–H groups in total. The van der Waals surface area contributed by atoms with Crippen LogP contribution in [0.2, 0.25) is 0 Å². The van der Waals surface area contributed by atoms with Gasteiger partial charge < -0.3 is 19.3 Å². The molecule has 0 aliphatic rings. The summed E-state index contributed by atoms with van der Waals surface area (Å²) in [5.74, 6) is -4.35. The summed E-state index contributed by atoms with van der Waals surface area (Å²) >= 11 is -0.805. The zero-order chi connectivity index (χ0) is 21.8. The molecule has 0 unspecified atom stereocenters. The molecule has 0 aliphatic heterocycles. The average molecular weight is 506 g/mol. The first kappa shape index (κ1) is 35.4. The fourth-order valence-corrected chi connectivity index (χ4v) is 2.10. The molecule has 0 spiro atoms. The first-order valence-corrected chi connectivity index (χ1v) is 9.71. The molecule has 0 rings (SSSR count). The number of rotatable bonds is 15. The van der Waals surface area contributed by atoms with Crippen molar-refractivity contribution in [2.24, 2.45) is 0 Å². The van der Waals surface area contributed by atoms with Crippen LogP contribution in [0.5, 0.6) is 0 Å². The molecule has 0 aliphatic carbocycles. The van der Waals surface area contributed by atoms with Crippen LogP contribution in [0.15, 0.2) is 0 Å². The van der Waals surface area contributed by atoms with Crippen molar-refractivity contribution < 1.29 is 123 Å². The quantitative estimate of drug-likeness (QED) is 0.0307. The molecule has 0 aromatic heterocycles. The van der Waals surface area contributed by atoms with Crippen molar-refractivity contribution in [3.05, 3.63) is 0 Å². The van der Waals surface area contributed by atoms with Gasteiger partial charge in [-0.05, 0) is 12.8 Å². The average Bonchev–Trinajstić information content (AvgIpc) is 2.59. The molecule has 18 heteroatoms. The fourth-order valence-electron chi connectivity index (χ4n) is 1.60. The van der Waals surface area contributed by atoms with Crippen LogP contribution in [-0.4, -0.2) is 48.6 Å². The predicted octanol–water partition coefficient (Wildman–Crippen LogP) is -4.98. The summed E-state index contributed by atoms with van der Waals surface area (Å²) < 4.78 is 93.7. The van der Waals surface area contributed by atoms with E-state index in [1.165, 1.54) is 0 Å². The van der Waals surface area contributed by atoms with Gasteiger partial charge in [-0.2, -0.15) is 21.9 Å². The van der Waals surface area contributed by atoms with Gasteiger partial charge in [-0.1, -0.05) is 25.7 Å². The van der Waals surface area contributed by atoms with Crippen LogP contribution >= 0.6 is 12.0 Å². The van der Waals surface area contributed by atoms with E-state index >= 15 is 0 Å². The van der Waals surface area contributed by atoms with Gasteiger partial charge in [0, 0.05) is 0 Å². The molecule has 166 valence electrons. The first-order chi connectivity index (χ1) is 12.9. The Labute approximate surface area is 218 Å². The van der Waals surface area contributed by atoms with E-state index in [2.05, 4.69) is 18.8 Å². The normalized spacial score (nSPS) is 11.8. The van der Waals surface area contributed by atoms with Crippen molar-refractivity contribution in [1.82, 2.24) is 0 Å². The molecule has 0 heterocycles. The van der Waals surface area contributed by atoms with Gasteiger partial charge in [0.05, 0.1) is 13.2 Å². The van der Waals surface area contributed by atoms with E-state index in [9.17, 15) is 45.4 Å². The Kier molecular flexibility index (Phi) is 20.4. The topological polar surface area (TPSA) is 151 Å². The van der Waals surface area contributed by atoms with Gasteiger partial charge in [0.25, 0.3) is 0 Å². The van der Waals surface area contributed by atoms with E-state index in [4.69, 9.17) is 0 Å². The van der Waals surface area contributed by atoms with Gasteiger partial charge in [-0.25, -0.2) is 18.0 Å². The van der Waals surface area contributed by atoms with E-state index in [1.807, 2.05) is 0 Å². The van der Waals surface area contributed by atoms with E-state index in [0.29, 0.717) is 25.7 Å². The number of hydrogen-bond donors (Lipinski definition) is 0. The first-order valence-electron chi connectivity index (χ1n) is 7.56. The van der Waals surface area contributed by atoms with Crippen molar-refractivity contribution in [2.75, 3.05) is 13.2 Å². The predicted molar refractivity (Wildman–Crippen MR) is 79.0 cm³/mol. The number of carbonyl (C=O) groups excluding carboxylic acids is 2. The second kappa shape index (κ2) is 17.3. The number of halogens is 4. The van der Waals surface area contributed by atoms with Gasteiger partial charge in [-0.15, -0.1) is 0 Å². The van der Waals surface area contributed by atoms with Gasteiger partial charge in [0.1, 0.15) is 12.0 Å². The summed E-state index contributed by atoms with van der Waals surface area (Å²) in [4.78, 5) is 21.8. The number of carbonyl (C=O) groups is 2. The van der Waals surface area contributed by atoms with Crippen LogP contribution in [0.1, 0.15) is 38.5 Å². The third-order valence-corrected chi connectivity index (χ3v) is 4.25. The van der Waals surface area contributed by atoms with Crippen molar-refractivity contribution in [3.8, 4) is 0 Å². The molecule has 0 saturated carbocycles. The molecule has 0 bridgehead atoms. The van der Waals surface area contributed by atoms with Crippen molar-refractivity contribution in [2.45, 2.75) is 49.0 Å². The SMILES string of the molecule is O=C(OCCCCCCCCOC(=O)C(F)(F)S(=O)(=O)[O-])C(F)(F)SOO[O-].[Na+].[Na+]. The molecular weight excluding hydrogens is 490 g/mol. The minimum Gasteiger partial charge on any atom is -0.743 e. The number of ether oxygens (including phenoxy) is 2. The molecule has 0 aromatic rings. The van der Waals surface area contributed by atoms with Crippen LogP contribution in [0.3, 0.4) is 0 Å². The Balaban J connectivity index is -0.00000364. The number of hydrogen-bond acceptors (Lipinski definition) is 11. The Morgan fingerprint density at radius 1 is 0.833 bits per heavy atom. The Morgan fingerprint density at radius 2 is 1.23 bits per heavy atom. The van der Waals surface area contributed by atoms with Gasteiger partial charge in [0.15, 0.2) is 10.1 Å². The summed E-state index contributed by atoms with van der Waals surface area (Å²) in [7, 11) is -6.15. The van der Waals surface area contributed by atoms with Crippen molar-refractivity contribution >= 4 is 34.1 Å². The van der Waals surface area contributed by atoms with E-state index in [0.717, 1.165) is 0 Å². The minimum absolute atomic E-state index is 0. The number of unbranched alkanes of at least 4 members (excludes halogenated alkanes) is 5. The van der Waals surface area contributed by atoms with E-state index in [1.54, 1.807) is 0 Å². The van der Waals surface area contributed by atoms with Crippen molar-refractivity contribution in [1.29, 1.82) is 0 Å². The molecule has 0 fully saturated rings. The van der Waals surface area contributed by atoms with Gasteiger partial charge in [0.2, 0.25) is 0 Å². The zero-order valence-corrected chi connectivity index (χ0v) is 21.7. The molecule has 0 atom stereocenters. The van der Waals surface area contributed by atoms with Gasteiger partial charge >= 0.3 is 81.6 Å². The standard InChI is InChI=1S/C12H18F4O10S2.2Na/c13-11(14,27-26-25-19)9(17)23-7-5-3-1-2-4-6-8-24-10(18)12(15,16)28(20,21)22;;/h19H,1-8H2,(H,20,21,22);;/q;2*+1/p-2. The zero-order valence-electron chi connectivity index (χ0n) is 16.1. The van der Waals surface area contributed by atoms with Crippen LogP contribution in [0.4, 0.5) is 17.6 Å². The van der Waals surface area contributed by atoms with E-state index in [-0.39, 0.29) is 78.6 Å². The third-order valence-electron chi connectivity index (χ3n) is 2.96. The second-order valence-electron chi connectivity index (χ2n) is 5.10. The van der Waals surface area contributed by atoms with Crippen LogP contribution in [0.25, 0.3) is 0 Å². The summed E-state index contributed by atoms with van der Waals surface area (Å²) in [5, 5.41) is 2.86. The summed E-state index contributed by atoms with van der Waals surface area (Å²) in [6.45, 7) is -0.826. The minimum atomic E-state index is -6.15. The third kappa shape index (κ3) is 14.1. The maximum atomic E-state index is 13.0. The molecule has 0 amide bonds.